The minimum absolute atomic E-state index is 0.0709. The Balaban J connectivity index is 1.62. The van der Waals surface area contributed by atoms with Crippen LogP contribution in [-0.4, -0.2) is 46.2 Å². The summed E-state index contributed by atoms with van der Waals surface area (Å²) in [5.74, 6) is 0.171. The van der Waals surface area contributed by atoms with E-state index in [1.165, 1.54) is 6.20 Å². The molecule has 2 amide bonds. The highest BCUT2D eigenvalue weighted by Crippen LogP contribution is 2.27. The fourth-order valence-corrected chi connectivity index (χ4v) is 3.53. The predicted octanol–water partition coefficient (Wildman–Crippen LogP) is 0.605. The van der Waals surface area contributed by atoms with Gasteiger partial charge in [0, 0.05) is 25.3 Å². The number of aromatic amines is 1. The standard InChI is InChI=1S/C19H25N5O5/c1-10-6-13(24-29-10)8-21-17(25)12-4-5-16(28-3)15(7-12)23-19(27)14-9-20-11(2)22-18(14)26/h6,9,12,15-16H,4-5,7-8H2,1-3H3,(H,21,25)(H,23,27)(H,20,22,26)/t12-,15+,16+/m0/s1. The van der Waals surface area contributed by atoms with Crippen molar-refractivity contribution in [1.29, 1.82) is 0 Å². The first-order chi connectivity index (χ1) is 13.9. The number of rotatable bonds is 6. The summed E-state index contributed by atoms with van der Waals surface area (Å²) < 4.78 is 10.5. The van der Waals surface area contributed by atoms with Gasteiger partial charge in [0.05, 0.1) is 18.7 Å². The lowest BCUT2D eigenvalue weighted by molar-refractivity contribution is -0.127. The maximum Gasteiger partial charge on any atom is 0.263 e. The lowest BCUT2D eigenvalue weighted by atomic mass is 9.83. The second-order valence-electron chi connectivity index (χ2n) is 7.22. The fraction of sp³-hybridized carbons (Fsp3) is 0.526. The summed E-state index contributed by atoms with van der Waals surface area (Å²) in [6, 6.07) is 1.37. The number of nitrogens with one attached hydrogen (secondary N) is 3. The van der Waals surface area contributed by atoms with Crippen LogP contribution < -0.4 is 16.2 Å². The molecular formula is C19H25N5O5. The molecule has 1 aliphatic carbocycles. The highest BCUT2D eigenvalue weighted by molar-refractivity contribution is 5.93. The highest BCUT2D eigenvalue weighted by atomic mass is 16.5. The lowest BCUT2D eigenvalue weighted by Crippen LogP contribution is -2.50. The van der Waals surface area contributed by atoms with E-state index < -0.39 is 17.5 Å². The Morgan fingerprint density at radius 3 is 2.79 bits per heavy atom. The molecule has 2 heterocycles. The Morgan fingerprint density at radius 2 is 2.14 bits per heavy atom. The van der Waals surface area contributed by atoms with Crippen LogP contribution in [-0.2, 0) is 16.1 Å². The lowest BCUT2D eigenvalue weighted by Gasteiger charge is -2.35. The Bertz CT molecular complexity index is 937. The van der Waals surface area contributed by atoms with E-state index in [2.05, 4.69) is 25.8 Å². The van der Waals surface area contributed by atoms with Gasteiger partial charge < -0.3 is 24.9 Å². The van der Waals surface area contributed by atoms with Crippen molar-refractivity contribution in [2.75, 3.05) is 7.11 Å². The van der Waals surface area contributed by atoms with Crippen LogP contribution in [0.1, 0.15) is 46.9 Å². The molecule has 3 rings (SSSR count). The van der Waals surface area contributed by atoms with Gasteiger partial charge in [-0.05, 0) is 33.1 Å². The molecule has 0 radical (unpaired) electrons. The molecule has 3 atom stereocenters. The largest absolute Gasteiger partial charge is 0.379 e. The van der Waals surface area contributed by atoms with Gasteiger partial charge in [0.15, 0.2) is 0 Å². The second kappa shape index (κ2) is 8.99. The second-order valence-corrected chi connectivity index (χ2v) is 7.22. The van der Waals surface area contributed by atoms with Crippen molar-refractivity contribution in [2.45, 2.75) is 51.8 Å². The molecule has 0 spiro atoms. The Morgan fingerprint density at radius 1 is 1.34 bits per heavy atom. The van der Waals surface area contributed by atoms with Crippen LogP contribution in [0, 0.1) is 19.8 Å². The third-order valence-corrected chi connectivity index (χ3v) is 5.07. The molecule has 2 aromatic heterocycles. The first-order valence-electron chi connectivity index (χ1n) is 9.47. The van der Waals surface area contributed by atoms with E-state index in [0.717, 1.165) is 0 Å². The quantitative estimate of drug-likeness (QED) is 0.642. The summed E-state index contributed by atoms with van der Waals surface area (Å²) in [6.07, 6.45) is 2.68. The number of hydrogen-bond acceptors (Lipinski definition) is 7. The van der Waals surface area contributed by atoms with Crippen molar-refractivity contribution < 1.29 is 18.8 Å². The van der Waals surface area contributed by atoms with Crippen LogP contribution >= 0.6 is 0 Å². The zero-order chi connectivity index (χ0) is 21.0. The number of amides is 2. The van der Waals surface area contributed by atoms with Gasteiger partial charge in [-0.3, -0.25) is 14.4 Å². The maximum atomic E-state index is 12.6. The molecule has 0 bridgehead atoms. The van der Waals surface area contributed by atoms with Crippen molar-refractivity contribution in [3.8, 4) is 0 Å². The highest BCUT2D eigenvalue weighted by Gasteiger charge is 2.35. The monoisotopic (exact) mass is 403 g/mol. The van der Waals surface area contributed by atoms with E-state index in [1.54, 1.807) is 27.0 Å². The number of H-pyrrole nitrogens is 1. The van der Waals surface area contributed by atoms with Gasteiger partial charge >= 0.3 is 0 Å². The van der Waals surface area contributed by atoms with Crippen LogP contribution in [0.5, 0.6) is 0 Å². The number of hydrogen-bond donors (Lipinski definition) is 3. The number of methoxy groups -OCH3 is 1. The van der Waals surface area contributed by atoms with Crippen LogP contribution in [0.2, 0.25) is 0 Å². The van der Waals surface area contributed by atoms with Gasteiger partial charge in [-0.2, -0.15) is 0 Å². The summed E-state index contributed by atoms with van der Waals surface area (Å²) in [5.41, 5.74) is 0.0766. The molecule has 0 aromatic carbocycles. The van der Waals surface area contributed by atoms with Gasteiger partial charge in [-0.25, -0.2) is 4.98 Å². The maximum absolute atomic E-state index is 12.6. The molecule has 0 saturated heterocycles. The molecule has 10 nitrogen and oxygen atoms in total. The van der Waals surface area contributed by atoms with E-state index >= 15 is 0 Å². The minimum atomic E-state index is -0.537. The summed E-state index contributed by atoms with van der Waals surface area (Å²) in [6.45, 7) is 3.70. The molecule has 2 aromatic rings. The summed E-state index contributed by atoms with van der Waals surface area (Å²) in [7, 11) is 1.57. The topological polar surface area (TPSA) is 139 Å². The summed E-state index contributed by atoms with van der Waals surface area (Å²) in [4.78, 5) is 43.6. The van der Waals surface area contributed by atoms with Crippen molar-refractivity contribution >= 4 is 11.8 Å². The van der Waals surface area contributed by atoms with Gasteiger partial charge in [-0.15, -0.1) is 0 Å². The summed E-state index contributed by atoms with van der Waals surface area (Å²) in [5, 5.41) is 9.54. The van der Waals surface area contributed by atoms with E-state index in [9.17, 15) is 14.4 Å². The van der Waals surface area contributed by atoms with Gasteiger partial charge in [0.1, 0.15) is 22.8 Å². The van der Waals surface area contributed by atoms with Crippen molar-refractivity contribution in [3.63, 3.8) is 0 Å². The Kier molecular flexibility index (Phi) is 6.42. The molecular weight excluding hydrogens is 378 g/mol. The Labute approximate surface area is 167 Å². The van der Waals surface area contributed by atoms with Gasteiger partial charge in [0.25, 0.3) is 11.5 Å². The number of aryl methyl sites for hydroxylation is 2. The third kappa shape index (κ3) is 5.08. The molecule has 156 valence electrons. The average Bonchev–Trinajstić information content (AvgIpc) is 3.11. The average molecular weight is 403 g/mol. The molecule has 1 saturated carbocycles. The van der Waals surface area contributed by atoms with Gasteiger partial charge in [0.2, 0.25) is 5.91 Å². The fourth-order valence-electron chi connectivity index (χ4n) is 3.53. The summed E-state index contributed by atoms with van der Waals surface area (Å²) >= 11 is 0. The number of nitrogens with zero attached hydrogens (tertiary/aromatic N) is 2. The van der Waals surface area contributed by atoms with Crippen LogP contribution in [0.3, 0.4) is 0 Å². The number of carbonyl (C=O) groups excluding carboxylic acids is 2. The molecule has 1 aliphatic rings. The van der Waals surface area contributed by atoms with E-state index in [-0.39, 0.29) is 30.0 Å². The molecule has 0 unspecified atom stereocenters. The minimum Gasteiger partial charge on any atom is -0.379 e. The number of aromatic nitrogens is 3. The molecule has 10 heteroatoms. The molecule has 1 fully saturated rings. The van der Waals surface area contributed by atoms with Crippen molar-refractivity contribution in [2.24, 2.45) is 5.92 Å². The molecule has 3 N–H and O–H groups in total. The molecule has 0 aliphatic heterocycles. The molecule has 29 heavy (non-hydrogen) atoms. The zero-order valence-corrected chi connectivity index (χ0v) is 16.7. The number of carbonyl (C=O) groups is 2. The smallest absolute Gasteiger partial charge is 0.263 e. The van der Waals surface area contributed by atoms with Crippen molar-refractivity contribution in [1.82, 2.24) is 25.8 Å². The van der Waals surface area contributed by atoms with Gasteiger partial charge in [-0.1, -0.05) is 5.16 Å². The normalized spacial score (nSPS) is 21.6. The van der Waals surface area contributed by atoms with Crippen LogP contribution in [0.25, 0.3) is 0 Å². The first-order valence-corrected chi connectivity index (χ1v) is 9.47. The zero-order valence-electron chi connectivity index (χ0n) is 16.7. The first kappa shape index (κ1) is 20.7. The Hall–Kier alpha value is -3.01. The van der Waals surface area contributed by atoms with E-state index in [0.29, 0.717) is 36.5 Å². The number of ether oxygens (including phenoxy) is 1. The third-order valence-electron chi connectivity index (χ3n) is 5.07. The van der Waals surface area contributed by atoms with E-state index in [1.807, 2.05) is 0 Å². The van der Waals surface area contributed by atoms with Crippen molar-refractivity contribution in [3.05, 3.63) is 45.5 Å². The SMILES string of the molecule is CO[C@@H]1CC[C@H](C(=O)NCc2cc(C)on2)C[C@H]1NC(=O)c1cnc(C)[nH]c1=O. The van der Waals surface area contributed by atoms with Crippen LogP contribution in [0.15, 0.2) is 21.6 Å². The van der Waals surface area contributed by atoms with E-state index in [4.69, 9.17) is 9.26 Å². The predicted molar refractivity (Wildman–Crippen MR) is 102 cm³/mol. The van der Waals surface area contributed by atoms with Crippen LogP contribution in [0.4, 0.5) is 0 Å².